The molecule has 0 bridgehead atoms. The van der Waals surface area contributed by atoms with Gasteiger partial charge in [-0.2, -0.15) is 0 Å². The highest BCUT2D eigenvalue weighted by atomic mass is 79.9. The molecule has 4 atom stereocenters. The summed E-state index contributed by atoms with van der Waals surface area (Å²) in [5, 5.41) is 0. The van der Waals surface area contributed by atoms with Crippen molar-refractivity contribution in [2.75, 3.05) is 0 Å². The summed E-state index contributed by atoms with van der Waals surface area (Å²) in [5.41, 5.74) is 0.496. The molecule has 3 saturated carbocycles. The van der Waals surface area contributed by atoms with E-state index < -0.39 is 0 Å². The van der Waals surface area contributed by atoms with Gasteiger partial charge in [-0.25, -0.2) is 0 Å². The predicted molar refractivity (Wildman–Crippen MR) is 88.4 cm³/mol. The largest absolute Gasteiger partial charge is 0.374 e. The van der Waals surface area contributed by atoms with Gasteiger partial charge in [-0.05, 0) is 38.0 Å². The molecule has 3 rings (SSSR count). The Morgan fingerprint density at radius 2 is 1.75 bits per heavy atom. The Morgan fingerprint density at radius 3 is 2.40 bits per heavy atom. The van der Waals surface area contributed by atoms with Crippen LogP contribution in [0.1, 0.15) is 84.0 Å². The number of halogens is 1. The highest BCUT2D eigenvalue weighted by Crippen LogP contribution is 2.56. The summed E-state index contributed by atoms with van der Waals surface area (Å²) in [7, 11) is 0. The maximum atomic E-state index is 6.65. The zero-order chi connectivity index (χ0) is 14.0. The zero-order valence-electron chi connectivity index (χ0n) is 13.1. The van der Waals surface area contributed by atoms with Crippen LogP contribution in [0, 0.1) is 11.3 Å². The van der Waals surface area contributed by atoms with Crippen LogP contribution in [0.15, 0.2) is 0 Å². The van der Waals surface area contributed by atoms with E-state index in [4.69, 9.17) is 4.74 Å². The highest BCUT2D eigenvalue weighted by molar-refractivity contribution is 9.09. The Hall–Kier alpha value is 0.440. The van der Waals surface area contributed by atoms with Gasteiger partial charge in [-0.3, -0.25) is 0 Å². The van der Waals surface area contributed by atoms with E-state index in [1.54, 1.807) is 0 Å². The van der Waals surface area contributed by atoms with Gasteiger partial charge in [-0.15, -0.1) is 0 Å². The van der Waals surface area contributed by atoms with E-state index in [1.807, 2.05) is 0 Å². The second-order valence-corrected chi connectivity index (χ2v) is 8.64. The second kappa shape index (κ2) is 6.69. The van der Waals surface area contributed by atoms with Crippen molar-refractivity contribution in [1.29, 1.82) is 0 Å². The monoisotopic (exact) mass is 342 g/mol. The summed E-state index contributed by atoms with van der Waals surface area (Å²) in [6.07, 6.45) is 17.7. The van der Waals surface area contributed by atoms with Crippen LogP contribution in [-0.4, -0.2) is 17.0 Å². The maximum absolute atomic E-state index is 6.65. The predicted octanol–water partition coefficient (Wildman–Crippen LogP) is 5.85. The Labute approximate surface area is 133 Å². The maximum Gasteiger partial charge on any atom is 0.0656 e. The lowest BCUT2D eigenvalue weighted by Gasteiger charge is -2.55. The van der Waals surface area contributed by atoms with E-state index in [0.717, 1.165) is 10.7 Å². The van der Waals surface area contributed by atoms with E-state index >= 15 is 0 Å². The molecule has 0 amide bonds. The van der Waals surface area contributed by atoms with Gasteiger partial charge in [0, 0.05) is 10.2 Å². The van der Waals surface area contributed by atoms with Crippen LogP contribution in [0.4, 0.5) is 0 Å². The molecule has 0 aromatic rings. The van der Waals surface area contributed by atoms with Gasteiger partial charge < -0.3 is 4.74 Å². The summed E-state index contributed by atoms with van der Waals surface area (Å²) in [6.45, 7) is 2.34. The van der Waals surface area contributed by atoms with Crippen LogP contribution in [0.25, 0.3) is 0 Å². The van der Waals surface area contributed by atoms with Gasteiger partial charge in [0.2, 0.25) is 0 Å². The van der Waals surface area contributed by atoms with Gasteiger partial charge in [0.15, 0.2) is 0 Å². The summed E-state index contributed by atoms with van der Waals surface area (Å²) in [4.78, 5) is 0.726. The summed E-state index contributed by atoms with van der Waals surface area (Å²) in [5.74, 6) is 0.929. The van der Waals surface area contributed by atoms with Crippen LogP contribution in [0.2, 0.25) is 0 Å². The van der Waals surface area contributed by atoms with Crippen LogP contribution in [-0.2, 0) is 4.74 Å². The van der Waals surface area contributed by atoms with Gasteiger partial charge in [0.05, 0.1) is 12.2 Å². The highest BCUT2D eigenvalue weighted by Gasteiger charge is 2.54. The number of alkyl halides is 1. The lowest BCUT2D eigenvalue weighted by molar-refractivity contribution is -0.153. The van der Waals surface area contributed by atoms with Crippen molar-refractivity contribution in [2.45, 2.75) is 101 Å². The minimum absolute atomic E-state index is 0.496. The molecule has 3 fully saturated rings. The number of hydrogen-bond acceptors (Lipinski definition) is 1. The molecule has 0 saturated heterocycles. The van der Waals surface area contributed by atoms with Crippen molar-refractivity contribution < 1.29 is 4.74 Å². The molecule has 0 heterocycles. The number of ether oxygens (including phenoxy) is 1. The Morgan fingerprint density at radius 1 is 1.00 bits per heavy atom. The molecule has 0 aliphatic heterocycles. The fourth-order valence-electron chi connectivity index (χ4n) is 4.88. The summed E-state index contributed by atoms with van der Waals surface area (Å²) >= 11 is 3.96. The van der Waals surface area contributed by atoms with E-state index in [-0.39, 0.29) is 0 Å². The molecule has 20 heavy (non-hydrogen) atoms. The third kappa shape index (κ3) is 2.97. The summed E-state index contributed by atoms with van der Waals surface area (Å²) in [6, 6.07) is 0. The fourth-order valence-corrected chi connectivity index (χ4v) is 5.97. The summed E-state index contributed by atoms with van der Waals surface area (Å²) < 4.78 is 6.65. The fraction of sp³-hybridized carbons (Fsp3) is 1.00. The lowest BCUT2D eigenvalue weighted by atomic mass is 9.61. The first-order valence-electron chi connectivity index (χ1n) is 9.04. The normalized spacial score (nSPS) is 41.1. The average Bonchev–Trinajstić information content (AvgIpc) is 2.75. The van der Waals surface area contributed by atoms with Crippen molar-refractivity contribution in [2.24, 2.45) is 11.3 Å². The molecular weight excluding hydrogens is 312 g/mol. The number of hydrogen-bond donors (Lipinski definition) is 0. The zero-order valence-corrected chi connectivity index (χ0v) is 14.7. The van der Waals surface area contributed by atoms with Gasteiger partial charge >= 0.3 is 0 Å². The topological polar surface area (TPSA) is 9.23 Å². The van der Waals surface area contributed by atoms with E-state index in [9.17, 15) is 0 Å². The van der Waals surface area contributed by atoms with Crippen LogP contribution in [0.3, 0.4) is 0 Å². The van der Waals surface area contributed by atoms with Crippen molar-refractivity contribution in [3.05, 3.63) is 0 Å². The Balaban J connectivity index is 1.59. The van der Waals surface area contributed by atoms with Gasteiger partial charge in [0.1, 0.15) is 0 Å². The van der Waals surface area contributed by atoms with E-state index in [2.05, 4.69) is 22.9 Å². The molecule has 1 nitrogen and oxygen atoms in total. The van der Waals surface area contributed by atoms with E-state index in [0.29, 0.717) is 17.6 Å². The van der Waals surface area contributed by atoms with E-state index in [1.165, 1.54) is 77.0 Å². The Bertz CT molecular complexity index is 309. The average molecular weight is 343 g/mol. The van der Waals surface area contributed by atoms with Crippen molar-refractivity contribution >= 4 is 15.9 Å². The molecule has 116 valence electrons. The molecular formula is C18H31BrO. The first kappa shape index (κ1) is 15.3. The third-order valence-electron chi connectivity index (χ3n) is 6.39. The third-order valence-corrected chi connectivity index (χ3v) is 7.67. The van der Waals surface area contributed by atoms with Crippen molar-refractivity contribution in [3.63, 3.8) is 0 Å². The minimum Gasteiger partial charge on any atom is -0.374 e. The van der Waals surface area contributed by atoms with Crippen molar-refractivity contribution in [1.82, 2.24) is 0 Å². The smallest absolute Gasteiger partial charge is 0.0656 e. The van der Waals surface area contributed by atoms with Gasteiger partial charge in [0.25, 0.3) is 0 Å². The number of rotatable bonds is 3. The molecule has 1 spiro atoms. The second-order valence-electron chi connectivity index (χ2n) is 7.54. The van der Waals surface area contributed by atoms with Crippen LogP contribution < -0.4 is 0 Å². The standard InChI is InChI=1S/C18H31BrO/c1-2-14-8-7-9-15(12-14)20-17-13-16(19)18(17)10-5-3-4-6-11-18/h14-17H,2-13H2,1H3. The molecule has 2 heteroatoms. The molecule has 0 N–H and O–H groups in total. The first-order valence-corrected chi connectivity index (χ1v) is 9.95. The molecule has 0 aromatic heterocycles. The van der Waals surface area contributed by atoms with Gasteiger partial charge in [-0.1, -0.05) is 67.8 Å². The van der Waals surface area contributed by atoms with Crippen LogP contribution >= 0.6 is 15.9 Å². The molecule has 4 unspecified atom stereocenters. The molecule has 3 aliphatic carbocycles. The minimum atomic E-state index is 0.496. The van der Waals surface area contributed by atoms with Crippen LogP contribution in [0.5, 0.6) is 0 Å². The first-order chi connectivity index (χ1) is 9.74. The molecule has 0 aromatic carbocycles. The quantitative estimate of drug-likeness (QED) is 0.584. The van der Waals surface area contributed by atoms with Crippen molar-refractivity contribution in [3.8, 4) is 0 Å². The Kier molecular flexibility index (Phi) is 5.13. The molecule has 3 aliphatic rings. The SMILES string of the molecule is CCC1CCCC(OC2CC(Br)C23CCCCCC3)C1. The molecule has 0 radical (unpaired) electrons. The lowest BCUT2D eigenvalue weighted by Crippen LogP contribution is -2.56.